The van der Waals surface area contributed by atoms with Crippen LogP contribution in [0.1, 0.15) is 10.4 Å². The van der Waals surface area contributed by atoms with E-state index >= 15 is 0 Å². The van der Waals surface area contributed by atoms with Crippen LogP contribution in [0, 0.1) is 0 Å². The van der Waals surface area contributed by atoms with Crippen LogP contribution in [0.3, 0.4) is 0 Å². The van der Waals surface area contributed by atoms with Gasteiger partial charge in [0.25, 0.3) is 5.91 Å². The Morgan fingerprint density at radius 2 is 1.91 bits per heavy atom. The van der Waals surface area contributed by atoms with Crippen LogP contribution in [0.25, 0.3) is 11.3 Å². The number of thiazole rings is 1. The van der Waals surface area contributed by atoms with Crippen LogP contribution < -0.4 is 4.80 Å². The zero-order valence-electron chi connectivity index (χ0n) is 11.9. The monoisotopic (exact) mass is 328 g/mol. The van der Waals surface area contributed by atoms with Gasteiger partial charge in [-0.2, -0.15) is 4.99 Å². The summed E-state index contributed by atoms with van der Waals surface area (Å²) in [6.45, 7) is 0. The third-order valence-corrected chi connectivity index (χ3v) is 4.41. The van der Waals surface area contributed by atoms with Crippen molar-refractivity contribution in [3.63, 3.8) is 0 Å². The molecule has 1 heterocycles. The van der Waals surface area contributed by atoms with Gasteiger partial charge in [0.1, 0.15) is 0 Å². The average Bonchev–Trinajstić information content (AvgIpc) is 2.89. The summed E-state index contributed by atoms with van der Waals surface area (Å²) in [5, 5.41) is 2.66. The molecule has 0 saturated heterocycles. The van der Waals surface area contributed by atoms with Gasteiger partial charge in [-0.3, -0.25) is 4.79 Å². The van der Waals surface area contributed by atoms with Gasteiger partial charge < -0.3 is 4.57 Å². The highest BCUT2D eigenvalue weighted by Gasteiger charge is 2.07. The van der Waals surface area contributed by atoms with Crippen molar-refractivity contribution in [1.82, 2.24) is 4.57 Å². The molecule has 3 rings (SSSR count). The van der Waals surface area contributed by atoms with E-state index in [1.165, 1.54) is 11.3 Å². The highest BCUT2D eigenvalue weighted by Crippen LogP contribution is 2.22. The van der Waals surface area contributed by atoms with Crippen molar-refractivity contribution in [3.8, 4) is 11.3 Å². The minimum Gasteiger partial charge on any atom is -0.319 e. The fourth-order valence-corrected chi connectivity index (χ4v) is 3.21. The number of halogens is 1. The van der Waals surface area contributed by atoms with Gasteiger partial charge >= 0.3 is 0 Å². The number of hydrogen-bond acceptors (Lipinski definition) is 2. The van der Waals surface area contributed by atoms with E-state index in [2.05, 4.69) is 4.99 Å². The third-order valence-electron chi connectivity index (χ3n) is 3.26. The molecule has 0 N–H and O–H groups in total. The molecule has 3 nitrogen and oxygen atoms in total. The van der Waals surface area contributed by atoms with Crippen LogP contribution in [-0.2, 0) is 7.05 Å². The number of benzene rings is 2. The summed E-state index contributed by atoms with van der Waals surface area (Å²) in [4.78, 5) is 17.0. The molecule has 3 aromatic rings. The fraction of sp³-hybridized carbons (Fsp3) is 0.0588. The van der Waals surface area contributed by atoms with E-state index in [-0.39, 0.29) is 5.91 Å². The van der Waals surface area contributed by atoms with Gasteiger partial charge in [0.2, 0.25) is 0 Å². The van der Waals surface area contributed by atoms with Gasteiger partial charge in [0.05, 0.1) is 5.69 Å². The summed E-state index contributed by atoms with van der Waals surface area (Å²) in [6, 6.07) is 16.7. The highest BCUT2D eigenvalue weighted by molar-refractivity contribution is 7.07. The van der Waals surface area contributed by atoms with E-state index in [0.717, 1.165) is 11.3 Å². The third kappa shape index (κ3) is 3.03. The number of amides is 1. The summed E-state index contributed by atoms with van der Waals surface area (Å²) in [5.41, 5.74) is 2.56. The Morgan fingerprint density at radius 3 is 2.64 bits per heavy atom. The zero-order chi connectivity index (χ0) is 15.5. The summed E-state index contributed by atoms with van der Waals surface area (Å²) < 4.78 is 1.90. The second-order valence-corrected chi connectivity index (χ2v) is 6.03. The molecular weight excluding hydrogens is 316 g/mol. The zero-order valence-corrected chi connectivity index (χ0v) is 13.4. The lowest BCUT2D eigenvalue weighted by Gasteiger charge is -2.03. The van der Waals surface area contributed by atoms with E-state index < -0.39 is 0 Å². The Bertz CT molecular complexity index is 881. The molecule has 0 aliphatic carbocycles. The lowest BCUT2D eigenvalue weighted by atomic mass is 10.2. The number of carbonyl (C=O) groups is 1. The standard InChI is InChI=1S/C17H13ClN2OS/c1-20-15(13-8-5-9-14(18)10-13)11-22-17(20)19-16(21)12-6-3-2-4-7-12/h2-11H,1H3. The number of hydrogen-bond donors (Lipinski definition) is 0. The number of rotatable bonds is 2. The van der Waals surface area contributed by atoms with Crippen molar-refractivity contribution < 1.29 is 4.79 Å². The number of nitrogens with zero attached hydrogens (tertiary/aromatic N) is 2. The lowest BCUT2D eigenvalue weighted by molar-refractivity contribution is 0.0998. The van der Waals surface area contributed by atoms with Crippen LogP contribution in [0.2, 0.25) is 5.02 Å². The first kappa shape index (κ1) is 14.8. The molecule has 5 heteroatoms. The molecule has 0 radical (unpaired) electrons. The van der Waals surface area contributed by atoms with Crippen LogP contribution in [0.4, 0.5) is 0 Å². The topological polar surface area (TPSA) is 34.4 Å². The Balaban J connectivity index is 2.00. The molecule has 1 amide bonds. The van der Waals surface area contributed by atoms with E-state index in [4.69, 9.17) is 11.6 Å². The van der Waals surface area contributed by atoms with Crippen molar-refractivity contribution in [2.75, 3.05) is 0 Å². The highest BCUT2D eigenvalue weighted by atomic mass is 35.5. The predicted octanol–water partition coefficient (Wildman–Crippen LogP) is 4.15. The molecule has 0 bridgehead atoms. The van der Waals surface area contributed by atoms with Crippen molar-refractivity contribution in [3.05, 3.63) is 75.4 Å². The molecule has 0 saturated carbocycles. The first-order valence-electron chi connectivity index (χ1n) is 6.70. The van der Waals surface area contributed by atoms with Gasteiger partial charge in [0, 0.05) is 28.6 Å². The summed E-state index contributed by atoms with van der Waals surface area (Å²) in [7, 11) is 1.89. The molecule has 2 aromatic carbocycles. The van der Waals surface area contributed by atoms with Crippen LogP contribution in [0.15, 0.2) is 65.0 Å². The Labute approximate surface area is 137 Å². The molecule has 0 aliphatic rings. The molecule has 0 aliphatic heterocycles. The number of aromatic nitrogens is 1. The summed E-state index contributed by atoms with van der Waals surface area (Å²) >= 11 is 7.47. The van der Waals surface area contributed by atoms with Crippen molar-refractivity contribution in [1.29, 1.82) is 0 Å². The van der Waals surface area contributed by atoms with E-state index in [1.54, 1.807) is 12.1 Å². The fourth-order valence-electron chi connectivity index (χ4n) is 2.11. The lowest BCUT2D eigenvalue weighted by Crippen LogP contribution is -2.14. The van der Waals surface area contributed by atoms with Crippen molar-refractivity contribution in [2.45, 2.75) is 0 Å². The first-order chi connectivity index (χ1) is 10.6. The molecular formula is C17H13ClN2OS. The van der Waals surface area contributed by atoms with E-state index in [1.807, 2.05) is 59.5 Å². The molecule has 0 fully saturated rings. The summed E-state index contributed by atoms with van der Waals surface area (Å²) in [5.74, 6) is -0.240. The van der Waals surface area contributed by atoms with Gasteiger partial charge in [-0.1, -0.05) is 41.9 Å². The predicted molar refractivity (Wildman–Crippen MR) is 90.1 cm³/mol. The van der Waals surface area contributed by atoms with Crippen LogP contribution in [-0.4, -0.2) is 10.5 Å². The average molecular weight is 329 g/mol. The Hall–Kier alpha value is -2.17. The van der Waals surface area contributed by atoms with Gasteiger partial charge in [0.15, 0.2) is 4.80 Å². The molecule has 0 unspecified atom stereocenters. The quantitative estimate of drug-likeness (QED) is 0.696. The first-order valence-corrected chi connectivity index (χ1v) is 7.95. The van der Waals surface area contributed by atoms with E-state index in [0.29, 0.717) is 15.4 Å². The largest absolute Gasteiger partial charge is 0.319 e. The van der Waals surface area contributed by atoms with Crippen molar-refractivity contribution >= 4 is 28.8 Å². The van der Waals surface area contributed by atoms with Crippen LogP contribution in [0.5, 0.6) is 0 Å². The maximum atomic E-state index is 12.2. The van der Waals surface area contributed by atoms with Crippen molar-refractivity contribution in [2.24, 2.45) is 12.0 Å². The van der Waals surface area contributed by atoms with Gasteiger partial charge in [-0.15, -0.1) is 11.3 Å². The molecule has 0 atom stereocenters. The maximum Gasteiger partial charge on any atom is 0.279 e. The molecule has 0 spiro atoms. The Morgan fingerprint density at radius 1 is 1.14 bits per heavy atom. The minimum atomic E-state index is -0.240. The summed E-state index contributed by atoms with van der Waals surface area (Å²) in [6.07, 6.45) is 0. The molecule has 22 heavy (non-hydrogen) atoms. The molecule has 110 valence electrons. The smallest absolute Gasteiger partial charge is 0.279 e. The van der Waals surface area contributed by atoms with Gasteiger partial charge in [-0.05, 0) is 24.3 Å². The molecule has 1 aromatic heterocycles. The minimum absolute atomic E-state index is 0.240. The second-order valence-electron chi connectivity index (χ2n) is 4.76. The van der Waals surface area contributed by atoms with E-state index in [9.17, 15) is 4.79 Å². The maximum absolute atomic E-state index is 12.2. The number of carbonyl (C=O) groups excluding carboxylic acids is 1. The second kappa shape index (κ2) is 6.30. The van der Waals surface area contributed by atoms with Gasteiger partial charge in [-0.25, -0.2) is 0 Å². The Kier molecular flexibility index (Phi) is 4.22. The SMILES string of the molecule is Cn1c(-c2cccc(Cl)c2)csc1=NC(=O)c1ccccc1. The normalized spacial score (nSPS) is 11.6. The van der Waals surface area contributed by atoms with Crippen LogP contribution >= 0.6 is 22.9 Å².